The monoisotopic (exact) mass is 394 g/mol. The molecular formula is C20H15ClN4O3. The Morgan fingerprint density at radius 3 is 2.50 bits per heavy atom. The van der Waals surface area contributed by atoms with Crippen molar-refractivity contribution in [1.29, 1.82) is 0 Å². The molecule has 1 unspecified atom stereocenters. The van der Waals surface area contributed by atoms with Gasteiger partial charge in [-0.2, -0.15) is 5.10 Å². The fourth-order valence-corrected chi connectivity index (χ4v) is 3.34. The highest BCUT2D eigenvalue weighted by Crippen LogP contribution is 2.34. The summed E-state index contributed by atoms with van der Waals surface area (Å²) in [6, 6.07) is 12.3. The maximum atomic E-state index is 12.5. The quantitative estimate of drug-likeness (QED) is 0.684. The normalized spacial score (nSPS) is 16.2. The Balaban J connectivity index is 1.72. The maximum absolute atomic E-state index is 12.5. The molecule has 0 aliphatic carbocycles. The van der Waals surface area contributed by atoms with E-state index in [-0.39, 0.29) is 0 Å². The predicted molar refractivity (Wildman–Crippen MR) is 104 cm³/mol. The van der Waals surface area contributed by atoms with Gasteiger partial charge in [-0.25, -0.2) is 5.01 Å². The Morgan fingerprint density at radius 2 is 1.79 bits per heavy atom. The Morgan fingerprint density at radius 1 is 1.07 bits per heavy atom. The van der Waals surface area contributed by atoms with Crippen molar-refractivity contribution in [2.75, 3.05) is 0 Å². The van der Waals surface area contributed by atoms with Gasteiger partial charge in [0.15, 0.2) is 0 Å². The summed E-state index contributed by atoms with van der Waals surface area (Å²) in [6.07, 6.45) is 3.05. The largest absolute Gasteiger partial charge is 0.481 e. The van der Waals surface area contributed by atoms with E-state index >= 15 is 0 Å². The minimum atomic E-state index is -1.19. The van der Waals surface area contributed by atoms with Crippen LogP contribution in [0.3, 0.4) is 0 Å². The average molecular weight is 395 g/mol. The molecule has 1 amide bonds. The second-order valence-electron chi connectivity index (χ2n) is 6.39. The van der Waals surface area contributed by atoms with Gasteiger partial charge in [0.25, 0.3) is 5.91 Å². The zero-order valence-corrected chi connectivity index (χ0v) is 15.4. The number of hydrogen-bond acceptors (Lipinski definition) is 5. The van der Waals surface area contributed by atoms with Crippen molar-refractivity contribution in [3.05, 3.63) is 71.0 Å². The SMILES string of the molecule is O=C(O)CC(=O)N1N=C(c2ccc(Cl)cc2)CC1c1ccc2nccnc2c1. The van der Waals surface area contributed by atoms with E-state index in [2.05, 4.69) is 15.1 Å². The summed E-state index contributed by atoms with van der Waals surface area (Å²) in [5.74, 6) is -1.76. The maximum Gasteiger partial charge on any atom is 0.312 e. The van der Waals surface area contributed by atoms with Crippen molar-refractivity contribution >= 4 is 40.2 Å². The number of fused-ring (bicyclic) bond motifs is 1. The fourth-order valence-electron chi connectivity index (χ4n) is 3.21. The van der Waals surface area contributed by atoms with Crippen molar-refractivity contribution in [1.82, 2.24) is 15.0 Å². The number of rotatable bonds is 4. The molecular weight excluding hydrogens is 380 g/mol. The number of hydrazone groups is 1. The van der Waals surface area contributed by atoms with Crippen LogP contribution >= 0.6 is 11.6 Å². The second kappa shape index (κ2) is 7.36. The molecule has 1 aliphatic heterocycles. The third-order valence-electron chi connectivity index (χ3n) is 4.52. The number of carbonyl (C=O) groups is 2. The van der Waals surface area contributed by atoms with Gasteiger partial charge in [-0.1, -0.05) is 29.8 Å². The lowest BCUT2D eigenvalue weighted by molar-refractivity contribution is -0.145. The summed E-state index contributed by atoms with van der Waals surface area (Å²) < 4.78 is 0. The van der Waals surface area contributed by atoms with Gasteiger partial charge in [-0.05, 0) is 35.4 Å². The van der Waals surface area contributed by atoms with Crippen molar-refractivity contribution in [3.8, 4) is 0 Å². The molecule has 8 heteroatoms. The number of halogens is 1. The molecule has 0 spiro atoms. The third-order valence-corrected chi connectivity index (χ3v) is 4.78. The molecule has 2 aromatic carbocycles. The lowest BCUT2D eigenvalue weighted by Gasteiger charge is -2.21. The molecule has 4 rings (SSSR count). The smallest absolute Gasteiger partial charge is 0.312 e. The summed E-state index contributed by atoms with van der Waals surface area (Å²) in [5.41, 5.74) is 3.79. The first-order valence-corrected chi connectivity index (χ1v) is 8.97. The fraction of sp³-hybridized carbons (Fsp3) is 0.150. The number of hydrogen-bond donors (Lipinski definition) is 1. The number of carbonyl (C=O) groups excluding carboxylic acids is 1. The Kier molecular flexibility index (Phi) is 4.75. The van der Waals surface area contributed by atoms with Gasteiger partial charge in [0.2, 0.25) is 0 Å². The highest BCUT2D eigenvalue weighted by Gasteiger charge is 2.34. The van der Waals surface area contributed by atoms with Crippen LogP contribution < -0.4 is 0 Å². The molecule has 140 valence electrons. The van der Waals surface area contributed by atoms with E-state index in [4.69, 9.17) is 16.7 Å². The van der Waals surface area contributed by atoms with Crippen LogP contribution in [0.15, 0.2) is 60.0 Å². The molecule has 0 bridgehead atoms. The standard InChI is InChI=1S/C20H15ClN4O3/c21-14-4-1-12(2-5-14)16-10-18(25(24-16)19(26)11-20(27)28)13-3-6-15-17(9-13)23-8-7-22-15/h1-9,18H,10-11H2,(H,27,28). The van der Waals surface area contributed by atoms with Crippen molar-refractivity contribution in [2.45, 2.75) is 18.9 Å². The van der Waals surface area contributed by atoms with Gasteiger partial charge in [0.05, 0.1) is 22.8 Å². The van der Waals surface area contributed by atoms with Gasteiger partial charge in [-0.15, -0.1) is 0 Å². The number of benzene rings is 2. The molecule has 1 atom stereocenters. The molecule has 0 fully saturated rings. The number of carboxylic acids is 1. The minimum absolute atomic E-state index is 0.413. The first-order valence-electron chi connectivity index (χ1n) is 8.59. The van der Waals surface area contributed by atoms with Crippen LogP contribution in [0.4, 0.5) is 0 Å². The van der Waals surface area contributed by atoms with Gasteiger partial charge >= 0.3 is 5.97 Å². The van der Waals surface area contributed by atoms with Gasteiger partial charge in [0.1, 0.15) is 6.42 Å². The zero-order valence-electron chi connectivity index (χ0n) is 14.6. The van der Waals surface area contributed by atoms with Crippen LogP contribution in [0.2, 0.25) is 5.02 Å². The van der Waals surface area contributed by atoms with E-state index in [1.807, 2.05) is 30.3 Å². The molecule has 7 nitrogen and oxygen atoms in total. The molecule has 0 saturated heterocycles. The highest BCUT2D eigenvalue weighted by atomic mass is 35.5. The predicted octanol–water partition coefficient (Wildman–Crippen LogP) is 3.44. The topological polar surface area (TPSA) is 95.8 Å². The first kappa shape index (κ1) is 18.1. The van der Waals surface area contributed by atoms with Crippen molar-refractivity contribution in [3.63, 3.8) is 0 Å². The molecule has 28 heavy (non-hydrogen) atoms. The van der Waals surface area contributed by atoms with Crippen LogP contribution in [-0.4, -0.2) is 37.7 Å². The van der Waals surface area contributed by atoms with E-state index < -0.39 is 24.3 Å². The number of aliphatic carboxylic acids is 1. The van der Waals surface area contributed by atoms with Crippen LogP contribution in [0.5, 0.6) is 0 Å². The zero-order chi connectivity index (χ0) is 19.7. The van der Waals surface area contributed by atoms with Crippen LogP contribution in [0.25, 0.3) is 11.0 Å². The molecule has 2 heterocycles. The summed E-state index contributed by atoms with van der Waals surface area (Å²) in [4.78, 5) is 32.1. The van der Waals surface area contributed by atoms with Gasteiger partial charge in [0, 0.05) is 23.8 Å². The third kappa shape index (κ3) is 3.57. The van der Waals surface area contributed by atoms with E-state index in [0.717, 1.165) is 16.6 Å². The molecule has 1 aromatic heterocycles. The Hall–Kier alpha value is -3.32. The van der Waals surface area contributed by atoms with Crippen LogP contribution in [0.1, 0.15) is 30.0 Å². The number of aromatic nitrogens is 2. The Bertz CT molecular complexity index is 1100. The Labute approximate surface area is 165 Å². The number of carboxylic acid groups (broad SMARTS) is 1. The molecule has 1 N–H and O–H groups in total. The number of amides is 1. The molecule has 0 saturated carbocycles. The lowest BCUT2D eigenvalue weighted by atomic mass is 9.98. The average Bonchev–Trinajstić information content (AvgIpc) is 3.13. The summed E-state index contributed by atoms with van der Waals surface area (Å²) in [7, 11) is 0. The first-order chi connectivity index (χ1) is 13.5. The summed E-state index contributed by atoms with van der Waals surface area (Å²) in [6.45, 7) is 0. The minimum Gasteiger partial charge on any atom is -0.481 e. The number of nitrogens with zero attached hydrogens (tertiary/aromatic N) is 4. The van der Waals surface area contributed by atoms with E-state index in [1.54, 1.807) is 24.5 Å². The molecule has 1 aliphatic rings. The van der Waals surface area contributed by atoms with Crippen molar-refractivity contribution in [2.24, 2.45) is 5.10 Å². The molecule has 0 radical (unpaired) electrons. The van der Waals surface area contributed by atoms with Crippen LogP contribution in [-0.2, 0) is 9.59 Å². The van der Waals surface area contributed by atoms with E-state index in [0.29, 0.717) is 22.7 Å². The van der Waals surface area contributed by atoms with Crippen molar-refractivity contribution < 1.29 is 14.7 Å². The second-order valence-corrected chi connectivity index (χ2v) is 6.82. The highest BCUT2D eigenvalue weighted by molar-refractivity contribution is 6.30. The van der Waals surface area contributed by atoms with Gasteiger partial charge < -0.3 is 5.11 Å². The molecule has 3 aromatic rings. The lowest BCUT2D eigenvalue weighted by Crippen LogP contribution is -2.28. The van der Waals surface area contributed by atoms with E-state index in [1.165, 1.54) is 5.01 Å². The van der Waals surface area contributed by atoms with Gasteiger partial charge in [-0.3, -0.25) is 19.6 Å². The summed E-state index contributed by atoms with van der Waals surface area (Å²) in [5, 5.41) is 15.3. The van der Waals surface area contributed by atoms with Crippen LogP contribution in [0, 0.1) is 0 Å². The summed E-state index contributed by atoms with van der Waals surface area (Å²) >= 11 is 5.95. The van der Waals surface area contributed by atoms with E-state index in [9.17, 15) is 9.59 Å².